The lowest BCUT2D eigenvalue weighted by Gasteiger charge is -2.34. The smallest absolute Gasteiger partial charge is 0.339 e. The van der Waals surface area contributed by atoms with Crippen LogP contribution in [0.25, 0.3) is 0 Å². The number of esters is 1. The maximum Gasteiger partial charge on any atom is 0.339 e. The summed E-state index contributed by atoms with van der Waals surface area (Å²) in [6.45, 7) is 8.29. The van der Waals surface area contributed by atoms with E-state index in [4.69, 9.17) is 9.26 Å². The highest BCUT2D eigenvalue weighted by molar-refractivity contribution is 7.98. The molecule has 170 valence electrons. The van der Waals surface area contributed by atoms with Gasteiger partial charge in [0.15, 0.2) is 6.61 Å². The second-order valence-corrected chi connectivity index (χ2v) is 10.4. The Morgan fingerprint density at radius 3 is 2.75 bits per heavy atom. The molecular formula is C24H29N3O4S. The van der Waals surface area contributed by atoms with Crippen molar-refractivity contribution in [3.63, 3.8) is 0 Å². The first kappa shape index (κ1) is 22.6. The van der Waals surface area contributed by atoms with Gasteiger partial charge in [-0.25, -0.2) is 10.2 Å². The van der Waals surface area contributed by atoms with Gasteiger partial charge in [0.1, 0.15) is 5.76 Å². The number of carbonyl (C=O) groups is 2. The lowest BCUT2D eigenvalue weighted by atomic mass is 9.70. The van der Waals surface area contributed by atoms with Crippen LogP contribution in [-0.4, -0.2) is 29.4 Å². The fourth-order valence-electron chi connectivity index (χ4n) is 4.86. The number of amides is 1. The molecule has 1 N–H and O–H groups in total. The molecule has 0 aliphatic heterocycles. The van der Waals surface area contributed by atoms with E-state index in [-0.39, 0.29) is 17.4 Å². The van der Waals surface area contributed by atoms with E-state index in [1.165, 1.54) is 18.2 Å². The molecule has 1 heterocycles. The third kappa shape index (κ3) is 4.20. The average Bonchev–Trinajstić information content (AvgIpc) is 3.35. The standard InChI is InChI=1S/C24H29N3O4S/c1-15-11-17(31-27-15)14-32-19-8-6-5-7-18(19)22(29)30-13-21(28)26-25-20-12-16-9-10-24(20,4)23(16,2)3/h5-8,11,16H,9-10,12-14H2,1-4H3,(H,26,28)/b25-20+. The van der Waals surface area contributed by atoms with Gasteiger partial charge in [0.2, 0.25) is 0 Å². The molecule has 0 spiro atoms. The first-order valence-electron chi connectivity index (χ1n) is 10.9. The van der Waals surface area contributed by atoms with E-state index in [2.05, 4.69) is 36.5 Å². The van der Waals surface area contributed by atoms with Crippen molar-refractivity contribution in [3.05, 3.63) is 47.3 Å². The molecule has 0 saturated heterocycles. The molecule has 2 atom stereocenters. The first-order valence-corrected chi connectivity index (χ1v) is 11.9. The van der Waals surface area contributed by atoms with E-state index in [0.29, 0.717) is 17.2 Å². The van der Waals surface area contributed by atoms with E-state index in [1.54, 1.807) is 12.1 Å². The maximum atomic E-state index is 12.6. The zero-order valence-corrected chi connectivity index (χ0v) is 19.8. The number of fused-ring (bicyclic) bond motifs is 2. The molecule has 1 amide bonds. The van der Waals surface area contributed by atoms with Crippen LogP contribution < -0.4 is 5.43 Å². The fraction of sp³-hybridized carbons (Fsp3) is 0.500. The molecule has 0 radical (unpaired) electrons. The maximum absolute atomic E-state index is 12.6. The van der Waals surface area contributed by atoms with Gasteiger partial charge < -0.3 is 9.26 Å². The summed E-state index contributed by atoms with van der Waals surface area (Å²) in [5.74, 6) is 0.900. The van der Waals surface area contributed by atoms with Crippen LogP contribution in [0.1, 0.15) is 61.8 Å². The SMILES string of the molecule is Cc1cc(CSc2ccccc2C(=O)OCC(=O)N/N=C2\CC3CCC2(C)C3(C)C)on1. The summed E-state index contributed by atoms with van der Waals surface area (Å²) in [4.78, 5) is 25.6. The molecule has 4 rings (SSSR count). The number of hydrazone groups is 1. The first-order chi connectivity index (χ1) is 15.2. The minimum Gasteiger partial charge on any atom is -0.452 e. The van der Waals surface area contributed by atoms with E-state index >= 15 is 0 Å². The van der Waals surface area contributed by atoms with Gasteiger partial charge in [0.25, 0.3) is 5.91 Å². The number of hydrogen-bond donors (Lipinski definition) is 1. The molecule has 2 bridgehead atoms. The number of hydrogen-bond acceptors (Lipinski definition) is 7. The summed E-state index contributed by atoms with van der Waals surface area (Å²) in [7, 11) is 0. The van der Waals surface area contributed by atoms with Gasteiger partial charge in [-0.2, -0.15) is 5.10 Å². The van der Waals surface area contributed by atoms with Gasteiger partial charge in [-0.1, -0.05) is 38.1 Å². The van der Waals surface area contributed by atoms with E-state index in [9.17, 15) is 9.59 Å². The Morgan fingerprint density at radius 1 is 1.31 bits per heavy atom. The van der Waals surface area contributed by atoms with Crippen LogP contribution in [0, 0.1) is 23.7 Å². The summed E-state index contributed by atoms with van der Waals surface area (Å²) >= 11 is 1.45. The number of benzene rings is 1. The zero-order chi connectivity index (χ0) is 22.9. The Hall–Kier alpha value is -2.61. The molecule has 1 aromatic heterocycles. The van der Waals surface area contributed by atoms with Crippen LogP contribution in [0.4, 0.5) is 0 Å². The molecule has 1 aromatic carbocycles. The largest absolute Gasteiger partial charge is 0.452 e. The summed E-state index contributed by atoms with van der Waals surface area (Å²) in [5.41, 5.74) is 5.06. The van der Waals surface area contributed by atoms with Gasteiger partial charge in [0.05, 0.1) is 17.0 Å². The lowest BCUT2D eigenvalue weighted by molar-refractivity contribution is -0.124. The Morgan fingerprint density at radius 2 is 2.09 bits per heavy atom. The average molecular weight is 456 g/mol. The van der Waals surface area contributed by atoms with Crippen molar-refractivity contribution in [1.82, 2.24) is 10.6 Å². The fourth-order valence-corrected chi connectivity index (χ4v) is 5.78. The zero-order valence-electron chi connectivity index (χ0n) is 18.9. The second kappa shape index (κ2) is 8.73. The van der Waals surface area contributed by atoms with Gasteiger partial charge in [-0.3, -0.25) is 4.79 Å². The van der Waals surface area contributed by atoms with Crippen LogP contribution in [0.15, 0.2) is 44.9 Å². The third-order valence-electron chi connectivity index (χ3n) is 7.32. The Kier molecular flexibility index (Phi) is 6.16. The number of aryl methyl sites for hydroxylation is 1. The molecule has 2 fully saturated rings. The molecule has 2 saturated carbocycles. The summed E-state index contributed by atoms with van der Waals surface area (Å²) < 4.78 is 10.5. The molecule has 2 aliphatic carbocycles. The van der Waals surface area contributed by atoms with Gasteiger partial charge >= 0.3 is 5.97 Å². The quantitative estimate of drug-likeness (QED) is 0.368. The third-order valence-corrected chi connectivity index (χ3v) is 8.41. The molecule has 2 aromatic rings. The Labute approximate surface area is 192 Å². The van der Waals surface area contributed by atoms with Gasteiger partial charge in [-0.15, -0.1) is 11.8 Å². The number of nitrogens with one attached hydrogen (secondary N) is 1. The predicted molar refractivity (Wildman–Crippen MR) is 122 cm³/mol. The summed E-state index contributed by atoms with van der Waals surface area (Å²) in [5, 5.41) is 8.28. The minimum absolute atomic E-state index is 0.0137. The van der Waals surface area contributed by atoms with Crippen LogP contribution >= 0.6 is 11.8 Å². The van der Waals surface area contributed by atoms with E-state index in [1.807, 2.05) is 25.1 Å². The van der Waals surface area contributed by atoms with Crippen LogP contribution in [0.5, 0.6) is 0 Å². The number of aromatic nitrogens is 1. The highest BCUT2D eigenvalue weighted by Gasteiger charge is 2.60. The van der Waals surface area contributed by atoms with Crippen molar-refractivity contribution in [3.8, 4) is 0 Å². The molecular weight excluding hydrogens is 426 g/mol. The topological polar surface area (TPSA) is 93.8 Å². The highest BCUT2D eigenvalue weighted by atomic mass is 32.2. The van der Waals surface area contributed by atoms with Crippen LogP contribution in [-0.2, 0) is 15.3 Å². The number of nitrogens with zero attached hydrogens (tertiary/aromatic N) is 2. The second-order valence-electron chi connectivity index (χ2n) is 9.38. The molecule has 7 nitrogen and oxygen atoms in total. The van der Waals surface area contributed by atoms with Crippen LogP contribution in [0.2, 0.25) is 0 Å². The lowest BCUT2D eigenvalue weighted by Crippen LogP contribution is -2.35. The Bertz CT molecular complexity index is 1060. The van der Waals surface area contributed by atoms with Crippen molar-refractivity contribution in [2.75, 3.05) is 6.61 Å². The number of rotatable bonds is 7. The van der Waals surface area contributed by atoms with Crippen molar-refractivity contribution >= 4 is 29.4 Å². The predicted octanol–water partition coefficient (Wildman–Crippen LogP) is 4.75. The highest BCUT2D eigenvalue weighted by Crippen LogP contribution is 2.63. The molecule has 8 heteroatoms. The summed E-state index contributed by atoms with van der Waals surface area (Å²) in [6.07, 6.45) is 3.22. The van der Waals surface area contributed by atoms with Crippen molar-refractivity contribution in [2.24, 2.45) is 21.8 Å². The normalized spacial score (nSPS) is 24.6. The minimum atomic E-state index is -0.544. The molecule has 2 unspecified atom stereocenters. The number of ether oxygens (including phenoxy) is 1. The monoisotopic (exact) mass is 455 g/mol. The molecule has 32 heavy (non-hydrogen) atoms. The Balaban J connectivity index is 1.32. The van der Waals surface area contributed by atoms with E-state index in [0.717, 1.165) is 34.9 Å². The van der Waals surface area contributed by atoms with Crippen LogP contribution in [0.3, 0.4) is 0 Å². The van der Waals surface area contributed by atoms with Crippen molar-refractivity contribution in [2.45, 2.75) is 57.6 Å². The van der Waals surface area contributed by atoms with Gasteiger partial charge in [-0.05, 0) is 49.7 Å². The van der Waals surface area contributed by atoms with Crippen molar-refractivity contribution in [1.29, 1.82) is 0 Å². The van der Waals surface area contributed by atoms with E-state index < -0.39 is 11.9 Å². The molecule has 2 aliphatic rings. The van der Waals surface area contributed by atoms with Gasteiger partial charge in [0, 0.05) is 22.1 Å². The number of thioether (sulfide) groups is 1. The summed E-state index contributed by atoms with van der Waals surface area (Å²) in [6, 6.07) is 9.01. The number of carbonyl (C=O) groups excluding carboxylic acids is 2. The van der Waals surface area contributed by atoms with Crippen molar-refractivity contribution < 1.29 is 18.8 Å².